The van der Waals surface area contributed by atoms with E-state index in [1.54, 1.807) is 18.2 Å². The summed E-state index contributed by atoms with van der Waals surface area (Å²) in [6, 6.07) is 7.57. The van der Waals surface area contributed by atoms with Crippen molar-refractivity contribution in [1.82, 2.24) is 0 Å². The highest BCUT2D eigenvalue weighted by atomic mass is 16.7. The fraction of sp³-hybridized carbons (Fsp3) is 0.417. The Balaban J connectivity index is 2.04. The summed E-state index contributed by atoms with van der Waals surface area (Å²) < 4.78 is 15.9. The molecule has 0 aromatic heterocycles. The van der Waals surface area contributed by atoms with Gasteiger partial charge in [0, 0.05) is 6.07 Å². The number of nitrogens with zero attached hydrogens (tertiary/aromatic N) is 1. The zero-order valence-corrected chi connectivity index (χ0v) is 9.32. The van der Waals surface area contributed by atoms with Crippen LogP contribution in [0.25, 0.3) is 0 Å². The maximum Gasteiger partial charge on any atom is 0.231 e. The van der Waals surface area contributed by atoms with Crippen LogP contribution >= 0.6 is 0 Å². The molecule has 0 saturated carbocycles. The summed E-state index contributed by atoms with van der Waals surface area (Å²) >= 11 is 0. The van der Waals surface area contributed by atoms with E-state index in [1.165, 1.54) is 0 Å². The van der Waals surface area contributed by atoms with Gasteiger partial charge in [-0.05, 0) is 26.0 Å². The zero-order chi connectivity index (χ0) is 11.6. The summed E-state index contributed by atoms with van der Waals surface area (Å²) in [5.41, 5.74) is -0.490. The van der Waals surface area contributed by atoms with Gasteiger partial charge in [0.1, 0.15) is 12.4 Å². The minimum atomic E-state index is -0.490. The van der Waals surface area contributed by atoms with Crippen LogP contribution in [0.2, 0.25) is 0 Å². The molecule has 4 nitrogen and oxygen atoms in total. The quantitative estimate of drug-likeness (QED) is 0.783. The first kappa shape index (κ1) is 10.6. The summed E-state index contributed by atoms with van der Waals surface area (Å²) in [7, 11) is 0. The van der Waals surface area contributed by atoms with Crippen LogP contribution < -0.4 is 14.2 Å². The molecule has 0 fully saturated rings. The summed E-state index contributed by atoms with van der Waals surface area (Å²) in [6.45, 7) is 4.27. The molecule has 1 heterocycles. The van der Waals surface area contributed by atoms with Crippen LogP contribution in [0.1, 0.15) is 13.8 Å². The van der Waals surface area contributed by atoms with Crippen LogP contribution in [-0.2, 0) is 0 Å². The van der Waals surface area contributed by atoms with Gasteiger partial charge in [0.15, 0.2) is 11.5 Å². The van der Waals surface area contributed by atoms with Crippen LogP contribution in [0, 0.1) is 16.7 Å². The molecule has 1 aliphatic rings. The molecule has 0 spiro atoms. The Labute approximate surface area is 94.3 Å². The number of nitriles is 1. The Bertz CT molecular complexity index is 434. The first-order valence-electron chi connectivity index (χ1n) is 5.04. The summed E-state index contributed by atoms with van der Waals surface area (Å²) in [4.78, 5) is 0. The van der Waals surface area contributed by atoms with Crippen molar-refractivity contribution in [2.24, 2.45) is 5.41 Å². The van der Waals surface area contributed by atoms with E-state index >= 15 is 0 Å². The van der Waals surface area contributed by atoms with Crippen LogP contribution in [0.3, 0.4) is 0 Å². The molecule has 0 atom stereocenters. The average Bonchev–Trinajstić information content (AvgIpc) is 2.73. The molecule has 4 heteroatoms. The van der Waals surface area contributed by atoms with Crippen LogP contribution in [0.5, 0.6) is 17.2 Å². The van der Waals surface area contributed by atoms with E-state index in [2.05, 4.69) is 6.07 Å². The molecule has 0 N–H and O–H groups in total. The lowest BCUT2D eigenvalue weighted by atomic mass is 9.98. The number of benzene rings is 1. The van der Waals surface area contributed by atoms with Crippen molar-refractivity contribution in [2.75, 3.05) is 13.4 Å². The van der Waals surface area contributed by atoms with Crippen LogP contribution in [0.15, 0.2) is 18.2 Å². The molecule has 0 saturated heterocycles. The van der Waals surface area contributed by atoms with Gasteiger partial charge in [-0.2, -0.15) is 5.26 Å². The average molecular weight is 219 g/mol. The highest BCUT2D eigenvalue weighted by molar-refractivity contribution is 5.46. The minimum absolute atomic E-state index is 0.252. The molecule has 0 bridgehead atoms. The van der Waals surface area contributed by atoms with Crippen molar-refractivity contribution in [3.63, 3.8) is 0 Å². The normalized spacial score (nSPS) is 13.3. The number of hydrogen-bond donors (Lipinski definition) is 0. The highest BCUT2D eigenvalue weighted by Gasteiger charge is 2.19. The van der Waals surface area contributed by atoms with E-state index in [-0.39, 0.29) is 6.79 Å². The number of rotatable bonds is 3. The van der Waals surface area contributed by atoms with E-state index in [0.29, 0.717) is 18.1 Å². The Morgan fingerprint density at radius 1 is 1.38 bits per heavy atom. The van der Waals surface area contributed by atoms with Gasteiger partial charge in [0.05, 0.1) is 11.5 Å². The van der Waals surface area contributed by atoms with Gasteiger partial charge < -0.3 is 14.2 Å². The van der Waals surface area contributed by atoms with Gasteiger partial charge in [-0.25, -0.2) is 0 Å². The van der Waals surface area contributed by atoms with Crippen LogP contribution in [0.4, 0.5) is 0 Å². The lowest BCUT2D eigenvalue weighted by molar-refractivity contribution is 0.173. The molecule has 1 aliphatic heterocycles. The van der Waals surface area contributed by atoms with E-state index in [1.807, 2.05) is 13.8 Å². The fourth-order valence-corrected chi connectivity index (χ4v) is 1.26. The number of fused-ring (bicyclic) bond motifs is 1. The van der Waals surface area contributed by atoms with Gasteiger partial charge >= 0.3 is 0 Å². The van der Waals surface area contributed by atoms with Crippen molar-refractivity contribution in [1.29, 1.82) is 5.26 Å². The largest absolute Gasteiger partial charge is 0.492 e. The predicted molar refractivity (Wildman–Crippen MR) is 57.5 cm³/mol. The second-order valence-electron chi connectivity index (χ2n) is 4.30. The number of ether oxygens (including phenoxy) is 3. The monoisotopic (exact) mass is 219 g/mol. The molecule has 2 rings (SSSR count). The standard InChI is InChI=1S/C12H13NO3/c1-12(2,6-13)7-14-9-3-4-10-11(5-9)16-8-15-10/h3-5H,7-8H2,1-2H3. The minimum Gasteiger partial charge on any atom is -0.492 e. The fourth-order valence-electron chi connectivity index (χ4n) is 1.26. The van der Waals surface area contributed by atoms with E-state index in [4.69, 9.17) is 19.5 Å². The third-order valence-corrected chi connectivity index (χ3v) is 2.25. The lowest BCUT2D eigenvalue weighted by Gasteiger charge is -2.16. The summed E-state index contributed by atoms with van der Waals surface area (Å²) in [6.07, 6.45) is 0. The van der Waals surface area contributed by atoms with Gasteiger partial charge in [-0.15, -0.1) is 0 Å². The van der Waals surface area contributed by atoms with Gasteiger partial charge in [0.25, 0.3) is 0 Å². The van der Waals surface area contributed by atoms with E-state index in [0.717, 1.165) is 5.75 Å². The molecule has 0 radical (unpaired) electrons. The second kappa shape index (κ2) is 3.93. The Morgan fingerprint density at radius 2 is 2.12 bits per heavy atom. The topological polar surface area (TPSA) is 51.5 Å². The van der Waals surface area contributed by atoms with E-state index in [9.17, 15) is 0 Å². The maximum atomic E-state index is 8.85. The van der Waals surface area contributed by atoms with Crippen LogP contribution in [-0.4, -0.2) is 13.4 Å². The van der Waals surface area contributed by atoms with Crippen molar-refractivity contribution < 1.29 is 14.2 Å². The molecule has 0 aliphatic carbocycles. The van der Waals surface area contributed by atoms with Gasteiger partial charge in [-0.3, -0.25) is 0 Å². The third kappa shape index (κ3) is 2.19. The van der Waals surface area contributed by atoms with E-state index < -0.39 is 5.41 Å². The van der Waals surface area contributed by atoms with Crippen molar-refractivity contribution in [3.8, 4) is 23.3 Å². The molecular weight excluding hydrogens is 206 g/mol. The molecular formula is C12H13NO3. The molecule has 0 amide bonds. The Hall–Kier alpha value is -1.89. The summed E-state index contributed by atoms with van der Waals surface area (Å²) in [5.74, 6) is 2.10. The maximum absolute atomic E-state index is 8.85. The number of hydrogen-bond acceptors (Lipinski definition) is 4. The first-order chi connectivity index (χ1) is 7.61. The zero-order valence-electron chi connectivity index (χ0n) is 9.32. The van der Waals surface area contributed by atoms with Crippen molar-refractivity contribution in [2.45, 2.75) is 13.8 Å². The molecule has 0 unspecified atom stereocenters. The Morgan fingerprint density at radius 3 is 2.88 bits per heavy atom. The highest BCUT2D eigenvalue weighted by Crippen LogP contribution is 2.35. The predicted octanol–water partition coefficient (Wildman–Crippen LogP) is 2.34. The van der Waals surface area contributed by atoms with Gasteiger partial charge in [0.2, 0.25) is 6.79 Å². The smallest absolute Gasteiger partial charge is 0.231 e. The van der Waals surface area contributed by atoms with Gasteiger partial charge in [-0.1, -0.05) is 0 Å². The van der Waals surface area contributed by atoms with Crippen molar-refractivity contribution in [3.05, 3.63) is 18.2 Å². The molecule has 1 aromatic carbocycles. The SMILES string of the molecule is CC(C)(C#N)COc1ccc2c(c1)OCO2. The van der Waals surface area contributed by atoms with Crippen molar-refractivity contribution >= 4 is 0 Å². The second-order valence-corrected chi connectivity index (χ2v) is 4.30. The molecule has 1 aromatic rings. The lowest BCUT2D eigenvalue weighted by Crippen LogP contribution is -2.18. The molecule has 16 heavy (non-hydrogen) atoms. The third-order valence-electron chi connectivity index (χ3n) is 2.25. The summed E-state index contributed by atoms with van der Waals surface area (Å²) in [5, 5.41) is 8.85. The molecule has 84 valence electrons. The Kier molecular flexibility index (Phi) is 2.61. The first-order valence-corrected chi connectivity index (χ1v) is 5.04.